The number of carbonyl (C=O) groups excluding carboxylic acids is 1. The molecule has 2 rings (SSSR count). The second-order valence-corrected chi connectivity index (χ2v) is 5.42. The van der Waals surface area contributed by atoms with E-state index in [9.17, 15) is 9.18 Å². The van der Waals surface area contributed by atoms with Crippen molar-refractivity contribution in [1.82, 2.24) is 15.6 Å². The van der Waals surface area contributed by atoms with Gasteiger partial charge in [-0.2, -0.15) is 0 Å². The summed E-state index contributed by atoms with van der Waals surface area (Å²) in [5.74, 6) is 1.99. The lowest BCUT2D eigenvalue weighted by atomic mass is 10.1. The van der Waals surface area contributed by atoms with Crippen molar-refractivity contribution in [3.05, 3.63) is 35.8 Å². The normalized spacial score (nSPS) is 13.5. The summed E-state index contributed by atoms with van der Waals surface area (Å²) in [7, 11) is 0. The van der Waals surface area contributed by atoms with E-state index in [1.54, 1.807) is 13.0 Å². The van der Waals surface area contributed by atoms with Crippen LogP contribution < -0.4 is 10.6 Å². The lowest BCUT2D eigenvalue weighted by molar-refractivity contribution is -0.122. The molecule has 3 N–H and O–H groups in total. The Hall–Kier alpha value is -2.32. The summed E-state index contributed by atoms with van der Waals surface area (Å²) < 4.78 is 13.4. The largest absolute Gasteiger partial charge is 0.361 e. The fraction of sp³-hybridized carbons (Fsp3) is 0.353. The number of terminal acetylenes is 1. The predicted molar refractivity (Wildman–Crippen MR) is 85.9 cm³/mol. The fourth-order valence-corrected chi connectivity index (χ4v) is 2.50. The van der Waals surface area contributed by atoms with Gasteiger partial charge in [-0.1, -0.05) is 5.92 Å². The Kier molecular flexibility index (Phi) is 5.18. The van der Waals surface area contributed by atoms with Crippen molar-refractivity contribution in [3.63, 3.8) is 0 Å². The minimum absolute atomic E-state index is 0.0638. The molecule has 2 atom stereocenters. The zero-order valence-electron chi connectivity index (χ0n) is 12.7. The maximum atomic E-state index is 13.4. The molecule has 0 spiro atoms. The number of carbonyl (C=O) groups is 1. The van der Waals surface area contributed by atoms with E-state index in [4.69, 9.17) is 6.42 Å². The highest BCUT2D eigenvalue weighted by Gasteiger charge is 2.16. The highest BCUT2D eigenvalue weighted by Crippen LogP contribution is 2.20. The summed E-state index contributed by atoms with van der Waals surface area (Å²) in [5, 5.41) is 6.73. The van der Waals surface area contributed by atoms with Gasteiger partial charge in [-0.3, -0.25) is 4.79 Å². The molecule has 0 bridgehead atoms. The van der Waals surface area contributed by atoms with Gasteiger partial charge < -0.3 is 15.6 Å². The monoisotopic (exact) mass is 301 g/mol. The number of aromatic amines is 1. The zero-order valence-corrected chi connectivity index (χ0v) is 12.7. The Labute approximate surface area is 129 Å². The standard InChI is InChI=1S/C17H20FN3O/c1-4-7-19-17(22)12(3)21-11(2)8-13-10-20-16-6-5-14(18)9-15(13)16/h1,5-6,9-12,20-21H,7-8H2,2-3H3,(H,19,22)/t11-,12-/m1/s1. The van der Waals surface area contributed by atoms with Crippen LogP contribution in [0.2, 0.25) is 0 Å². The molecule has 0 saturated carbocycles. The number of aromatic nitrogens is 1. The van der Waals surface area contributed by atoms with Gasteiger partial charge in [-0.05, 0) is 44.0 Å². The van der Waals surface area contributed by atoms with E-state index < -0.39 is 0 Å². The highest BCUT2D eigenvalue weighted by molar-refractivity contribution is 5.83. The third-order valence-electron chi connectivity index (χ3n) is 3.55. The molecule has 4 nitrogen and oxygen atoms in total. The molecule has 1 aromatic heterocycles. The minimum Gasteiger partial charge on any atom is -0.361 e. The van der Waals surface area contributed by atoms with E-state index in [0.29, 0.717) is 6.42 Å². The van der Waals surface area contributed by atoms with Crippen molar-refractivity contribution < 1.29 is 9.18 Å². The average molecular weight is 301 g/mol. The van der Waals surface area contributed by atoms with Crippen LogP contribution in [-0.4, -0.2) is 29.5 Å². The average Bonchev–Trinajstić information content (AvgIpc) is 2.86. The number of H-pyrrole nitrogens is 1. The van der Waals surface area contributed by atoms with Crippen LogP contribution in [0.1, 0.15) is 19.4 Å². The van der Waals surface area contributed by atoms with Crippen LogP contribution in [0.25, 0.3) is 10.9 Å². The molecule has 1 aromatic carbocycles. The van der Waals surface area contributed by atoms with Crippen molar-refractivity contribution in [2.75, 3.05) is 6.54 Å². The first-order chi connectivity index (χ1) is 10.5. The fourth-order valence-electron chi connectivity index (χ4n) is 2.50. The molecule has 2 aromatic rings. The Bertz CT molecular complexity index is 701. The van der Waals surface area contributed by atoms with Crippen LogP contribution in [0.15, 0.2) is 24.4 Å². The molecule has 0 radical (unpaired) electrons. The van der Waals surface area contributed by atoms with E-state index in [0.717, 1.165) is 16.5 Å². The Balaban J connectivity index is 1.99. The van der Waals surface area contributed by atoms with Crippen molar-refractivity contribution in [3.8, 4) is 12.3 Å². The smallest absolute Gasteiger partial charge is 0.237 e. The molecule has 1 heterocycles. The molecule has 116 valence electrons. The molecule has 0 aliphatic carbocycles. The van der Waals surface area contributed by atoms with Gasteiger partial charge in [0.05, 0.1) is 12.6 Å². The second-order valence-electron chi connectivity index (χ2n) is 5.42. The molecule has 5 heteroatoms. The first-order valence-electron chi connectivity index (χ1n) is 7.24. The molecule has 0 fully saturated rings. The third kappa shape index (κ3) is 3.86. The summed E-state index contributed by atoms with van der Waals surface area (Å²) in [5.41, 5.74) is 1.93. The Morgan fingerprint density at radius 1 is 1.45 bits per heavy atom. The molecule has 22 heavy (non-hydrogen) atoms. The summed E-state index contributed by atoms with van der Waals surface area (Å²) in [6.07, 6.45) is 7.69. The SMILES string of the molecule is C#CCNC(=O)[C@@H](C)N[C@H](C)Cc1c[nH]c2ccc(F)cc12. The minimum atomic E-state index is -0.342. The van der Waals surface area contributed by atoms with Crippen LogP contribution in [-0.2, 0) is 11.2 Å². The number of benzene rings is 1. The van der Waals surface area contributed by atoms with Gasteiger partial charge in [0.2, 0.25) is 5.91 Å². The van der Waals surface area contributed by atoms with Crippen LogP contribution in [0.4, 0.5) is 4.39 Å². The summed E-state index contributed by atoms with van der Waals surface area (Å²) in [6, 6.07) is 4.40. The van der Waals surface area contributed by atoms with Gasteiger partial charge >= 0.3 is 0 Å². The predicted octanol–water partition coefficient (Wildman–Crippen LogP) is 1.97. The number of hydrogen-bond acceptors (Lipinski definition) is 2. The van der Waals surface area contributed by atoms with Crippen molar-refractivity contribution in [2.45, 2.75) is 32.4 Å². The number of halogens is 1. The van der Waals surface area contributed by atoms with Gasteiger partial charge in [0, 0.05) is 23.1 Å². The number of rotatable bonds is 6. The maximum absolute atomic E-state index is 13.4. The van der Waals surface area contributed by atoms with Gasteiger partial charge in [-0.15, -0.1) is 6.42 Å². The number of hydrogen-bond donors (Lipinski definition) is 3. The van der Waals surface area contributed by atoms with Crippen LogP contribution >= 0.6 is 0 Å². The molecule has 0 saturated heterocycles. The van der Waals surface area contributed by atoms with Crippen molar-refractivity contribution in [1.29, 1.82) is 0 Å². The van der Waals surface area contributed by atoms with Gasteiger partial charge in [0.15, 0.2) is 0 Å². The summed E-state index contributed by atoms with van der Waals surface area (Å²) in [6.45, 7) is 4.00. The van der Waals surface area contributed by atoms with E-state index in [1.807, 2.05) is 13.1 Å². The van der Waals surface area contributed by atoms with E-state index >= 15 is 0 Å². The number of amides is 1. The zero-order chi connectivity index (χ0) is 16.1. The summed E-state index contributed by atoms with van der Waals surface area (Å²) >= 11 is 0. The van der Waals surface area contributed by atoms with Crippen LogP contribution in [0, 0.1) is 18.2 Å². The first-order valence-corrected chi connectivity index (χ1v) is 7.24. The Morgan fingerprint density at radius 3 is 2.95 bits per heavy atom. The first kappa shape index (κ1) is 16.1. The van der Waals surface area contributed by atoms with E-state index in [2.05, 4.69) is 21.5 Å². The molecular formula is C17H20FN3O. The van der Waals surface area contributed by atoms with Crippen molar-refractivity contribution >= 4 is 16.8 Å². The van der Waals surface area contributed by atoms with Crippen molar-refractivity contribution in [2.24, 2.45) is 0 Å². The molecule has 1 amide bonds. The topological polar surface area (TPSA) is 56.9 Å². The van der Waals surface area contributed by atoms with Gasteiger partial charge in [-0.25, -0.2) is 4.39 Å². The van der Waals surface area contributed by atoms with Gasteiger partial charge in [0.25, 0.3) is 0 Å². The second kappa shape index (κ2) is 7.10. The lowest BCUT2D eigenvalue weighted by Crippen LogP contribution is -2.46. The molecule has 0 unspecified atom stereocenters. The molecular weight excluding hydrogens is 281 g/mol. The van der Waals surface area contributed by atoms with E-state index in [1.165, 1.54) is 12.1 Å². The van der Waals surface area contributed by atoms with Gasteiger partial charge in [0.1, 0.15) is 5.82 Å². The highest BCUT2D eigenvalue weighted by atomic mass is 19.1. The number of fused-ring (bicyclic) bond motifs is 1. The van der Waals surface area contributed by atoms with Crippen LogP contribution in [0.3, 0.4) is 0 Å². The lowest BCUT2D eigenvalue weighted by Gasteiger charge is -2.19. The van der Waals surface area contributed by atoms with E-state index in [-0.39, 0.29) is 30.4 Å². The molecule has 0 aliphatic heterocycles. The Morgan fingerprint density at radius 2 is 2.23 bits per heavy atom. The number of nitrogens with one attached hydrogen (secondary N) is 3. The maximum Gasteiger partial charge on any atom is 0.237 e. The molecule has 0 aliphatic rings. The van der Waals surface area contributed by atoms with Crippen LogP contribution in [0.5, 0.6) is 0 Å². The summed E-state index contributed by atoms with van der Waals surface area (Å²) in [4.78, 5) is 14.9. The quantitative estimate of drug-likeness (QED) is 0.715. The third-order valence-corrected chi connectivity index (χ3v) is 3.55.